The van der Waals surface area contributed by atoms with Gasteiger partial charge in [0.2, 0.25) is 0 Å². The van der Waals surface area contributed by atoms with Gasteiger partial charge in [0.15, 0.2) is 11.5 Å². The molecule has 1 N–H and O–H groups in total. The van der Waals surface area contributed by atoms with Gasteiger partial charge in [0.25, 0.3) is 0 Å². The highest BCUT2D eigenvalue weighted by Gasteiger charge is 2.15. The fraction of sp³-hybridized carbons (Fsp3) is 0.438. The van der Waals surface area contributed by atoms with Crippen LogP contribution >= 0.6 is 0 Å². The number of nitrogens with zero attached hydrogens (tertiary/aromatic N) is 5. The van der Waals surface area contributed by atoms with Crippen molar-refractivity contribution in [2.24, 2.45) is 7.05 Å². The summed E-state index contributed by atoms with van der Waals surface area (Å²) < 4.78 is 8.91. The number of aryl methyl sites for hydroxylation is 2. The van der Waals surface area contributed by atoms with Gasteiger partial charge in [-0.25, -0.2) is 9.97 Å². The maximum absolute atomic E-state index is 5.10. The van der Waals surface area contributed by atoms with Crippen molar-refractivity contribution in [2.75, 3.05) is 25.6 Å². The number of nitrogens with one attached hydrogen (secondary N) is 1. The summed E-state index contributed by atoms with van der Waals surface area (Å²) in [7, 11) is 3.67. The second kappa shape index (κ2) is 6.37. The van der Waals surface area contributed by atoms with E-state index < -0.39 is 0 Å². The quantitative estimate of drug-likeness (QED) is 0.706. The molecule has 0 atom stereocenters. The lowest BCUT2D eigenvalue weighted by atomic mass is 10.2. The van der Waals surface area contributed by atoms with Crippen molar-refractivity contribution in [2.45, 2.75) is 20.3 Å². The molecule has 0 spiro atoms. The van der Waals surface area contributed by atoms with Crippen molar-refractivity contribution < 1.29 is 4.74 Å². The molecule has 3 aromatic heterocycles. The molecule has 0 fully saturated rings. The van der Waals surface area contributed by atoms with E-state index in [4.69, 9.17) is 9.84 Å². The Bertz CT molecular complexity index is 819. The normalized spacial score (nSPS) is 11.3. The summed E-state index contributed by atoms with van der Waals surface area (Å²) in [6, 6.07) is 1.97. The molecule has 0 saturated heterocycles. The summed E-state index contributed by atoms with van der Waals surface area (Å²) in [6.45, 7) is 5.63. The first kappa shape index (κ1) is 15.5. The third kappa shape index (κ3) is 2.92. The Morgan fingerprint density at radius 1 is 1.30 bits per heavy atom. The van der Waals surface area contributed by atoms with Gasteiger partial charge in [0.1, 0.15) is 11.5 Å². The highest BCUT2D eigenvalue weighted by molar-refractivity contribution is 5.62. The molecule has 0 saturated carbocycles. The van der Waals surface area contributed by atoms with Crippen LogP contribution in [-0.2, 0) is 11.8 Å². The van der Waals surface area contributed by atoms with E-state index in [0.717, 1.165) is 53.8 Å². The summed E-state index contributed by atoms with van der Waals surface area (Å²) in [5, 5.41) is 8.15. The maximum Gasteiger partial charge on any atom is 0.160 e. The van der Waals surface area contributed by atoms with E-state index >= 15 is 0 Å². The average molecular weight is 314 g/mol. The van der Waals surface area contributed by atoms with Crippen LogP contribution in [0.15, 0.2) is 18.5 Å². The van der Waals surface area contributed by atoms with Crippen molar-refractivity contribution in [3.8, 4) is 11.5 Å². The van der Waals surface area contributed by atoms with Crippen molar-refractivity contribution >= 4 is 11.5 Å². The van der Waals surface area contributed by atoms with Gasteiger partial charge in [-0.1, -0.05) is 0 Å². The second-order valence-electron chi connectivity index (χ2n) is 5.61. The predicted molar refractivity (Wildman–Crippen MR) is 89.6 cm³/mol. The summed E-state index contributed by atoms with van der Waals surface area (Å²) in [5.74, 6) is 1.81. The number of ether oxygens (including phenoxy) is 1. The molecule has 0 aliphatic carbocycles. The van der Waals surface area contributed by atoms with E-state index in [2.05, 4.69) is 22.2 Å². The molecular weight excluding hydrogens is 292 g/mol. The Balaban J connectivity index is 2.02. The zero-order valence-corrected chi connectivity index (χ0v) is 14.0. The summed E-state index contributed by atoms with van der Waals surface area (Å²) >= 11 is 0. The van der Waals surface area contributed by atoms with Crippen LogP contribution < -0.4 is 5.32 Å². The molecule has 122 valence electrons. The van der Waals surface area contributed by atoms with Gasteiger partial charge in [-0.15, -0.1) is 0 Å². The van der Waals surface area contributed by atoms with Crippen LogP contribution in [0.1, 0.15) is 17.7 Å². The van der Waals surface area contributed by atoms with Crippen LogP contribution in [0.5, 0.6) is 0 Å². The molecule has 7 nitrogen and oxygen atoms in total. The third-order valence-corrected chi connectivity index (χ3v) is 3.95. The lowest BCUT2D eigenvalue weighted by Crippen LogP contribution is -2.12. The highest BCUT2D eigenvalue weighted by atomic mass is 16.5. The molecule has 0 unspecified atom stereocenters. The molecule has 0 aliphatic rings. The molecule has 3 rings (SSSR count). The molecular formula is C16H22N6O. The minimum atomic E-state index is 0.733. The molecule has 23 heavy (non-hydrogen) atoms. The highest BCUT2D eigenvalue weighted by Crippen LogP contribution is 2.23. The fourth-order valence-corrected chi connectivity index (χ4v) is 2.55. The molecule has 7 heteroatoms. The van der Waals surface area contributed by atoms with Crippen molar-refractivity contribution in [3.63, 3.8) is 0 Å². The molecule has 3 aromatic rings. The Labute approximate surface area is 135 Å². The summed E-state index contributed by atoms with van der Waals surface area (Å²) in [4.78, 5) is 9.00. The SMILES string of the molecule is COCCCNc1c(C)c(C)nc2cc(-c3nccn3C)nn12. The van der Waals surface area contributed by atoms with Crippen LogP contribution in [0.4, 0.5) is 5.82 Å². The number of fused-ring (bicyclic) bond motifs is 1. The Kier molecular flexibility index (Phi) is 4.29. The molecule has 3 heterocycles. The van der Waals surface area contributed by atoms with Crippen molar-refractivity contribution in [1.82, 2.24) is 24.1 Å². The van der Waals surface area contributed by atoms with Crippen LogP contribution in [-0.4, -0.2) is 44.4 Å². The number of methoxy groups -OCH3 is 1. The topological polar surface area (TPSA) is 69.3 Å². The summed E-state index contributed by atoms with van der Waals surface area (Å²) in [5.41, 5.74) is 3.73. The summed E-state index contributed by atoms with van der Waals surface area (Å²) in [6.07, 6.45) is 4.62. The zero-order valence-electron chi connectivity index (χ0n) is 14.0. The van der Waals surface area contributed by atoms with Gasteiger partial charge < -0.3 is 14.6 Å². The molecule has 0 bridgehead atoms. The lowest BCUT2D eigenvalue weighted by molar-refractivity contribution is 0.197. The molecule has 0 aromatic carbocycles. The molecule has 0 aliphatic heterocycles. The van der Waals surface area contributed by atoms with Gasteiger partial charge in [-0.2, -0.15) is 9.61 Å². The molecule has 0 radical (unpaired) electrons. The number of rotatable bonds is 6. The van der Waals surface area contributed by atoms with Crippen LogP contribution in [0.25, 0.3) is 17.2 Å². The Morgan fingerprint density at radius 2 is 2.13 bits per heavy atom. The van der Waals surface area contributed by atoms with Gasteiger partial charge in [0.05, 0.1) is 0 Å². The first-order chi connectivity index (χ1) is 11.1. The number of imidazole rings is 1. The van der Waals surface area contributed by atoms with E-state index in [1.165, 1.54) is 0 Å². The van der Waals surface area contributed by atoms with Gasteiger partial charge >= 0.3 is 0 Å². The lowest BCUT2D eigenvalue weighted by Gasteiger charge is -2.12. The van der Waals surface area contributed by atoms with E-state index in [0.29, 0.717) is 0 Å². The minimum Gasteiger partial charge on any atom is -0.385 e. The third-order valence-electron chi connectivity index (χ3n) is 3.95. The van der Waals surface area contributed by atoms with Crippen LogP contribution in [0.2, 0.25) is 0 Å². The van der Waals surface area contributed by atoms with Crippen molar-refractivity contribution in [3.05, 3.63) is 29.7 Å². The van der Waals surface area contributed by atoms with Gasteiger partial charge in [0, 0.05) is 57.0 Å². The number of hydrogen-bond donors (Lipinski definition) is 1. The second-order valence-corrected chi connectivity index (χ2v) is 5.61. The van der Waals surface area contributed by atoms with Gasteiger partial charge in [-0.3, -0.25) is 0 Å². The van der Waals surface area contributed by atoms with Crippen LogP contribution in [0.3, 0.4) is 0 Å². The van der Waals surface area contributed by atoms with E-state index in [1.807, 2.05) is 35.3 Å². The van der Waals surface area contributed by atoms with E-state index in [-0.39, 0.29) is 0 Å². The number of hydrogen-bond acceptors (Lipinski definition) is 5. The first-order valence-corrected chi connectivity index (χ1v) is 7.69. The van der Waals surface area contributed by atoms with E-state index in [1.54, 1.807) is 13.3 Å². The minimum absolute atomic E-state index is 0.733. The Morgan fingerprint density at radius 3 is 2.83 bits per heavy atom. The smallest absolute Gasteiger partial charge is 0.160 e. The first-order valence-electron chi connectivity index (χ1n) is 7.69. The predicted octanol–water partition coefficient (Wildman–Crippen LogP) is 2.20. The maximum atomic E-state index is 5.10. The van der Waals surface area contributed by atoms with Crippen LogP contribution in [0, 0.1) is 13.8 Å². The van der Waals surface area contributed by atoms with E-state index in [9.17, 15) is 0 Å². The fourth-order valence-electron chi connectivity index (χ4n) is 2.55. The van der Waals surface area contributed by atoms with Crippen molar-refractivity contribution in [1.29, 1.82) is 0 Å². The standard InChI is InChI=1S/C16H22N6O/c1-11-12(2)19-14-10-13(16-18-7-8-21(16)3)20-22(14)15(11)17-6-5-9-23-4/h7-8,10,17H,5-6,9H2,1-4H3. The van der Waals surface area contributed by atoms with Gasteiger partial charge in [-0.05, 0) is 20.3 Å². The molecule has 0 amide bonds. The Hall–Kier alpha value is -2.41. The average Bonchev–Trinajstić information content (AvgIpc) is 3.12. The largest absolute Gasteiger partial charge is 0.385 e. The number of aromatic nitrogens is 5. The number of anilines is 1. The zero-order chi connectivity index (χ0) is 16.4. The monoisotopic (exact) mass is 314 g/mol.